The second kappa shape index (κ2) is 12.2. The SMILES string of the molecule is CC(C)[C@@H](CC(=O)C(C)(C)C)NC(=O)N[C@H](C(=O)N1C[C@H]2[C@@H]([C@H]1C(=O)NC(CC1CC1)C(=O)C(N)=O)C2(C)C)C(C)(C)C. The lowest BCUT2D eigenvalue weighted by Gasteiger charge is -2.38. The van der Waals surface area contributed by atoms with Crippen LogP contribution >= 0.6 is 0 Å². The molecule has 242 valence electrons. The van der Waals surface area contributed by atoms with Gasteiger partial charge in [0.15, 0.2) is 0 Å². The molecule has 2 saturated carbocycles. The normalized spacial score (nSPS) is 24.8. The first-order valence-electron chi connectivity index (χ1n) is 15.6. The highest BCUT2D eigenvalue weighted by Crippen LogP contribution is 2.65. The number of hydrogen-bond donors (Lipinski definition) is 4. The van der Waals surface area contributed by atoms with Crippen LogP contribution in [-0.4, -0.2) is 70.9 Å². The third-order valence-electron chi connectivity index (χ3n) is 9.65. The highest BCUT2D eigenvalue weighted by atomic mass is 16.2. The van der Waals surface area contributed by atoms with Gasteiger partial charge in [-0.2, -0.15) is 0 Å². The van der Waals surface area contributed by atoms with E-state index in [0.29, 0.717) is 13.0 Å². The van der Waals surface area contributed by atoms with E-state index < -0.39 is 64.5 Å². The van der Waals surface area contributed by atoms with Crippen LogP contribution in [0.4, 0.5) is 4.79 Å². The van der Waals surface area contributed by atoms with Crippen molar-refractivity contribution in [3.63, 3.8) is 0 Å². The largest absolute Gasteiger partial charge is 0.363 e. The molecule has 0 spiro atoms. The maximum Gasteiger partial charge on any atom is 0.315 e. The number of fused-ring (bicyclic) bond motifs is 1. The number of primary amides is 1. The fraction of sp³-hybridized carbons (Fsp3) is 0.812. The first-order valence-corrected chi connectivity index (χ1v) is 15.6. The number of rotatable bonds is 12. The van der Waals surface area contributed by atoms with Crippen LogP contribution in [0.3, 0.4) is 0 Å². The van der Waals surface area contributed by atoms with Crippen LogP contribution in [0.1, 0.15) is 94.9 Å². The smallest absolute Gasteiger partial charge is 0.315 e. The average molecular weight is 604 g/mol. The van der Waals surface area contributed by atoms with Gasteiger partial charge in [-0.1, -0.05) is 82.1 Å². The zero-order valence-corrected chi connectivity index (χ0v) is 27.6. The van der Waals surface area contributed by atoms with E-state index in [1.54, 1.807) is 0 Å². The van der Waals surface area contributed by atoms with Gasteiger partial charge in [0.25, 0.3) is 5.91 Å². The Labute approximate surface area is 256 Å². The molecule has 0 radical (unpaired) electrons. The summed E-state index contributed by atoms with van der Waals surface area (Å²) in [5.74, 6) is -2.58. The maximum absolute atomic E-state index is 14.2. The Balaban J connectivity index is 1.80. The summed E-state index contributed by atoms with van der Waals surface area (Å²) >= 11 is 0. The van der Waals surface area contributed by atoms with Crippen LogP contribution in [0, 0.1) is 39.9 Å². The van der Waals surface area contributed by atoms with Gasteiger partial charge in [0, 0.05) is 24.4 Å². The van der Waals surface area contributed by atoms with E-state index in [-0.39, 0.29) is 41.3 Å². The number of ketones is 2. The van der Waals surface area contributed by atoms with Crippen LogP contribution in [0.25, 0.3) is 0 Å². The quantitative estimate of drug-likeness (QED) is 0.250. The van der Waals surface area contributed by atoms with Gasteiger partial charge in [-0.15, -0.1) is 0 Å². The summed E-state index contributed by atoms with van der Waals surface area (Å²) in [5, 5.41) is 8.52. The highest BCUT2D eigenvalue weighted by molar-refractivity contribution is 6.37. The number of nitrogens with one attached hydrogen (secondary N) is 3. The molecule has 43 heavy (non-hydrogen) atoms. The number of likely N-dealkylation sites (tertiary alicyclic amines) is 1. The number of urea groups is 1. The molecule has 3 fully saturated rings. The number of amides is 5. The molecule has 11 nitrogen and oxygen atoms in total. The number of nitrogens with zero attached hydrogens (tertiary/aromatic N) is 1. The third-order valence-corrected chi connectivity index (χ3v) is 9.65. The molecule has 3 rings (SSSR count). The maximum atomic E-state index is 14.2. The number of piperidine rings is 1. The molecule has 1 saturated heterocycles. The van der Waals surface area contributed by atoms with E-state index >= 15 is 0 Å². The molecule has 5 amide bonds. The van der Waals surface area contributed by atoms with Gasteiger partial charge >= 0.3 is 6.03 Å². The third kappa shape index (κ3) is 7.95. The van der Waals surface area contributed by atoms with Crippen molar-refractivity contribution in [2.24, 2.45) is 45.7 Å². The molecule has 3 aliphatic rings. The average Bonchev–Trinajstić information content (AvgIpc) is 3.71. The Bertz CT molecular complexity index is 1150. The zero-order valence-electron chi connectivity index (χ0n) is 27.6. The predicted molar refractivity (Wildman–Crippen MR) is 162 cm³/mol. The van der Waals surface area contributed by atoms with Crippen molar-refractivity contribution in [2.75, 3.05) is 6.54 Å². The zero-order chi connectivity index (χ0) is 32.8. The van der Waals surface area contributed by atoms with Crippen LogP contribution in [0.5, 0.6) is 0 Å². The number of nitrogens with two attached hydrogens (primary N) is 1. The van der Waals surface area contributed by atoms with Crippen molar-refractivity contribution >= 4 is 35.3 Å². The standard InChI is InChI=1S/C32H53N5O6/c1-16(2)19(14-21(38)30(3,4)5)35-29(43)36-25(31(6,7)8)28(42)37-15-18-22(32(18,9)10)23(37)27(41)34-20(13-17-11-12-17)24(39)26(33)40/h16-20,22-23,25H,11-15H2,1-10H3,(H2,33,40)(H,34,41)(H2,35,36,43)/t18-,19+,20?,22-,23-,25+/m0/s1. The Hall–Kier alpha value is -2.98. The lowest BCUT2D eigenvalue weighted by atomic mass is 9.84. The molecule has 2 aliphatic carbocycles. The lowest BCUT2D eigenvalue weighted by Crippen LogP contribution is -2.62. The predicted octanol–water partition coefficient (Wildman–Crippen LogP) is 2.55. The van der Waals surface area contributed by atoms with E-state index in [2.05, 4.69) is 29.8 Å². The van der Waals surface area contributed by atoms with Crippen LogP contribution in [0.15, 0.2) is 0 Å². The Kier molecular flexibility index (Phi) is 9.78. The van der Waals surface area contributed by atoms with Crippen molar-refractivity contribution in [3.8, 4) is 0 Å². The molecule has 1 heterocycles. The summed E-state index contributed by atoms with van der Waals surface area (Å²) < 4.78 is 0. The van der Waals surface area contributed by atoms with Crippen molar-refractivity contribution in [3.05, 3.63) is 0 Å². The van der Waals surface area contributed by atoms with E-state index in [0.717, 1.165) is 12.8 Å². The number of carbonyl (C=O) groups excluding carboxylic acids is 6. The molecule has 1 aliphatic heterocycles. The van der Waals surface area contributed by atoms with Crippen molar-refractivity contribution in [1.29, 1.82) is 0 Å². The van der Waals surface area contributed by atoms with Crippen molar-refractivity contribution in [1.82, 2.24) is 20.9 Å². The second-order valence-corrected chi connectivity index (χ2v) is 16.0. The molecular weight excluding hydrogens is 550 g/mol. The molecule has 0 aromatic rings. The van der Waals surface area contributed by atoms with Gasteiger partial charge in [-0.3, -0.25) is 24.0 Å². The van der Waals surface area contributed by atoms with Crippen LogP contribution in [0.2, 0.25) is 0 Å². The van der Waals surface area contributed by atoms with E-state index in [4.69, 9.17) is 5.73 Å². The summed E-state index contributed by atoms with van der Waals surface area (Å²) in [6.45, 7) is 19.3. The van der Waals surface area contributed by atoms with Crippen molar-refractivity contribution < 1.29 is 28.8 Å². The summed E-state index contributed by atoms with van der Waals surface area (Å²) in [5.41, 5.74) is 3.85. The number of hydrogen-bond acceptors (Lipinski definition) is 6. The molecule has 0 aromatic heterocycles. The summed E-state index contributed by atoms with van der Waals surface area (Å²) in [7, 11) is 0. The van der Waals surface area contributed by atoms with Gasteiger partial charge < -0.3 is 26.6 Å². The minimum atomic E-state index is -1.10. The summed E-state index contributed by atoms with van der Waals surface area (Å²) in [4.78, 5) is 79.8. The van der Waals surface area contributed by atoms with Gasteiger partial charge in [0.1, 0.15) is 17.9 Å². The Morgan fingerprint density at radius 3 is 1.98 bits per heavy atom. The fourth-order valence-corrected chi connectivity index (χ4v) is 6.28. The van der Waals surface area contributed by atoms with E-state index in [9.17, 15) is 28.8 Å². The molecule has 0 aromatic carbocycles. The minimum Gasteiger partial charge on any atom is -0.363 e. The van der Waals surface area contributed by atoms with Gasteiger partial charge in [-0.05, 0) is 40.9 Å². The molecular formula is C32H53N5O6. The molecule has 6 atom stereocenters. The first-order chi connectivity index (χ1) is 19.6. The highest BCUT2D eigenvalue weighted by Gasteiger charge is 2.70. The van der Waals surface area contributed by atoms with Gasteiger partial charge in [-0.25, -0.2) is 4.79 Å². The Morgan fingerprint density at radius 1 is 0.930 bits per heavy atom. The molecule has 1 unspecified atom stereocenters. The van der Waals surface area contributed by atoms with Crippen LogP contribution in [-0.2, 0) is 24.0 Å². The molecule has 11 heteroatoms. The number of Topliss-reactive ketones (excluding diaryl/α,β-unsaturated/α-hetero) is 2. The summed E-state index contributed by atoms with van der Waals surface area (Å²) in [6.07, 6.45) is 2.36. The van der Waals surface area contributed by atoms with E-state index in [1.807, 2.05) is 55.4 Å². The number of carbonyl (C=O) groups is 6. The molecule has 5 N–H and O–H groups in total. The van der Waals surface area contributed by atoms with E-state index in [1.165, 1.54) is 4.90 Å². The molecule has 0 bridgehead atoms. The lowest BCUT2D eigenvalue weighted by molar-refractivity contribution is -0.145. The topological polar surface area (TPSA) is 168 Å². The monoisotopic (exact) mass is 603 g/mol. The van der Waals surface area contributed by atoms with Crippen molar-refractivity contribution in [2.45, 2.75) is 119 Å². The second-order valence-electron chi connectivity index (χ2n) is 16.0. The minimum absolute atomic E-state index is 0.0199. The van der Waals surface area contributed by atoms with Crippen LogP contribution < -0.4 is 21.7 Å². The fourth-order valence-electron chi connectivity index (χ4n) is 6.28. The first kappa shape index (κ1) is 34.5. The Morgan fingerprint density at radius 2 is 1.51 bits per heavy atom. The van der Waals surface area contributed by atoms with Gasteiger partial charge in [0.05, 0.1) is 6.04 Å². The summed E-state index contributed by atoms with van der Waals surface area (Å²) in [6, 6.07) is -3.83. The van der Waals surface area contributed by atoms with Gasteiger partial charge in [0.2, 0.25) is 17.6 Å².